The molecular weight excluding hydrogens is 589 g/mol. The van der Waals surface area contributed by atoms with Crippen LogP contribution in [0.1, 0.15) is 40.5 Å². The molecule has 0 aromatic heterocycles. The summed E-state index contributed by atoms with van der Waals surface area (Å²) in [6.07, 6.45) is 0.0899. The highest BCUT2D eigenvalue weighted by atomic mass is 32.4. The van der Waals surface area contributed by atoms with E-state index in [0.29, 0.717) is 39.5 Å². The van der Waals surface area contributed by atoms with Gasteiger partial charge in [-0.05, 0) is 40.5 Å². The molecule has 1 aromatic carbocycles. The van der Waals surface area contributed by atoms with Gasteiger partial charge >= 0.3 is 15.2 Å². The van der Waals surface area contributed by atoms with Crippen LogP contribution in [-0.2, 0) is 39.0 Å². The lowest BCUT2D eigenvalue weighted by molar-refractivity contribution is 0.169. The molecule has 230 valence electrons. The minimum absolute atomic E-state index is 0.218. The van der Waals surface area contributed by atoms with Crippen molar-refractivity contribution < 1.29 is 27.2 Å². The number of fused-ring (bicyclic) bond motifs is 2. The first kappa shape index (κ1) is 34.5. The molecule has 2 heterocycles. The van der Waals surface area contributed by atoms with Gasteiger partial charge < -0.3 is 18.1 Å². The summed E-state index contributed by atoms with van der Waals surface area (Å²) >= 11 is 6.53. The van der Waals surface area contributed by atoms with Crippen LogP contribution in [0, 0.1) is 0 Å². The highest BCUT2D eigenvalue weighted by Gasteiger charge is 2.39. The van der Waals surface area contributed by atoms with Gasteiger partial charge in [0.05, 0.1) is 26.4 Å². The van der Waals surface area contributed by atoms with E-state index < -0.39 is 21.5 Å². The summed E-state index contributed by atoms with van der Waals surface area (Å²) in [5.41, 5.74) is 0. The molecule has 2 bridgehead atoms. The minimum atomic E-state index is -3.28. The van der Waals surface area contributed by atoms with Gasteiger partial charge in [0.15, 0.2) is 0 Å². The molecule has 2 aliphatic rings. The second-order valence-electron chi connectivity index (χ2n) is 9.91. The molecule has 2 atom stereocenters. The summed E-state index contributed by atoms with van der Waals surface area (Å²) in [4.78, 5) is 4.34. The van der Waals surface area contributed by atoms with Crippen molar-refractivity contribution in [3.05, 3.63) is 30.3 Å². The van der Waals surface area contributed by atoms with Crippen molar-refractivity contribution in [3.63, 3.8) is 0 Å². The molecule has 0 aliphatic carbocycles. The van der Waals surface area contributed by atoms with Gasteiger partial charge in [-0.25, -0.2) is 0 Å². The molecule has 0 radical (unpaired) electrons. The van der Waals surface area contributed by atoms with Crippen LogP contribution >= 0.6 is 21.5 Å². The highest BCUT2D eigenvalue weighted by molar-refractivity contribution is 8.16. The first-order valence-electron chi connectivity index (χ1n) is 14.6. The Hall–Kier alpha value is 0.01000. The highest BCUT2D eigenvalue weighted by Crippen LogP contribution is 2.56. The predicted octanol–water partition coefficient (Wildman–Crippen LogP) is 5.08. The lowest BCUT2D eigenvalue weighted by Gasteiger charge is -2.35. The van der Waals surface area contributed by atoms with Crippen LogP contribution in [0.2, 0.25) is 0 Å². The van der Waals surface area contributed by atoms with Crippen molar-refractivity contribution >= 4 is 38.6 Å². The Labute approximate surface area is 246 Å². The third-order valence-corrected chi connectivity index (χ3v) is 16.5. The predicted molar refractivity (Wildman–Crippen MR) is 167 cm³/mol. The molecule has 2 unspecified atom stereocenters. The number of nitrogens with zero attached hydrogens (tertiary/aromatic N) is 4. The topological polar surface area (TPSA) is 84.0 Å². The van der Waals surface area contributed by atoms with Gasteiger partial charge in [0.1, 0.15) is 18.9 Å². The fourth-order valence-corrected chi connectivity index (χ4v) is 13.4. The van der Waals surface area contributed by atoms with E-state index in [0.717, 1.165) is 52.1 Å². The van der Waals surface area contributed by atoms with Crippen molar-refractivity contribution in [3.8, 4) is 0 Å². The molecule has 0 saturated carbocycles. The van der Waals surface area contributed by atoms with Crippen LogP contribution in [0.25, 0.3) is 0 Å². The number of hydrogen-bond acceptors (Lipinski definition) is 9. The van der Waals surface area contributed by atoms with E-state index in [2.05, 4.69) is 43.4 Å². The smallest absolute Gasteiger partial charge is 0.308 e. The molecular formula is C26H49N4O6P3S. The molecule has 14 heteroatoms. The summed E-state index contributed by atoms with van der Waals surface area (Å²) in [5.74, 6) is 0. The maximum Gasteiger partial charge on any atom is 0.344 e. The minimum Gasteiger partial charge on any atom is -0.308 e. The zero-order valence-electron chi connectivity index (χ0n) is 24.7. The van der Waals surface area contributed by atoms with Crippen LogP contribution < -0.4 is 5.30 Å². The van der Waals surface area contributed by atoms with E-state index in [1.54, 1.807) is 0 Å². The van der Waals surface area contributed by atoms with Gasteiger partial charge in [-0.2, -0.15) is 0 Å². The molecule has 0 spiro atoms. The molecule has 2 fully saturated rings. The van der Waals surface area contributed by atoms with Gasteiger partial charge in [-0.15, -0.1) is 0 Å². The normalized spacial score (nSPS) is 26.2. The Kier molecular flexibility index (Phi) is 14.4. The molecule has 1 aromatic rings. The Morgan fingerprint density at radius 3 is 1.43 bits per heavy atom. The fourth-order valence-electron chi connectivity index (χ4n) is 5.38. The SMILES string of the molecule is CCOP(=O)(CN1CCCN2CCN(CCCN(CP(=O)(OCC)OCC)CC1)P2(=S)c1ccccc1)OCC. The summed E-state index contributed by atoms with van der Waals surface area (Å²) in [6, 6.07) is 10.5. The average molecular weight is 639 g/mol. The van der Waals surface area contributed by atoms with E-state index in [1.165, 1.54) is 5.30 Å². The van der Waals surface area contributed by atoms with Crippen LogP contribution in [0.4, 0.5) is 0 Å². The Morgan fingerprint density at radius 1 is 0.650 bits per heavy atom. The molecule has 0 N–H and O–H groups in total. The van der Waals surface area contributed by atoms with Gasteiger partial charge in [0.25, 0.3) is 0 Å². The zero-order valence-corrected chi connectivity index (χ0v) is 28.2. The molecule has 0 amide bonds. The van der Waals surface area contributed by atoms with Crippen molar-refractivity contribution in [1.82, 2.24) is 19.1 Å². The summed E-state index contributed by atoms with van der Waals surface area (Å²) in [7, 11) is -6.55. The molecule has 3 rings (SSSR count). The van der Waals surface area contributed by atoms with Gasteiger partial charge in [0.2, 0.25) is 0 Å². The zero-order chi connectivity index (χ0) is 29.1. The first-order valence-corrected chi connectivity index (χ1v) is 20.8. The third-order valence-electron chi connectivity index (χ3n) is 7.04. The summed E-state index contributed by atoms with van der Waals surface area (Å²) < 4.78 is 54.6. The Bertz CT molecular complexity index is 961. The van der Waals surface area contributed by atoms with Crippen molar-refractivity contribution in [2.45, 2.75) is 40.5 Å². The van der Waals surface area contributed by atoms with Crippen LogP contribution in [-0.4, -0.2) is 110 Å². The van der Waals surface area contributed by atoms with Gasteiger partial charge in [0, 0.05) is 57.7 Å². The molecule has 2 saturated heterocycles. The number of benzene rings is 1. The van der Waals surface area contributed by atoms with E-state index in [1.807, 2.05) is 33.8 Å². The third kappa shape index (κ3) is 9.51. The van der Waals surface area contributed by atoms with E-state index in [-0.39, 0.29) is 12.6 Å². The van der Waals surface area contributed by atoms with Crippen molar-refractivity contribution in [2.75, 3.05) is 91.4 Å². The van der Waals surface area contributed by atoms with E-state index in [9.17, 15) is 9.13 Å². The fraction of sp³-hybridized carbons (Fsp3) is 0.769. The maximum atomic E-state index is 13.5. The van der Waals surface area contributed by atoms with Crippen molar-refractivity contribution in [1.29, 1.82) is 0 Å². The summed E-state index contributed by atoms with van der Waals surface area (Å²) in [5, 5.41) is 1.22. The number of rotatable bonds is 13. The lowest BCUT2D eigenvalue weighted by atomic mass is 10.3. The van der Waals surface area contributed by atoms with Crippen LogP contribution in [0.5, 0.6) is 0 Å². The number of hydrogen-bond donors (Lipinski definition) is 0. The van der Waals surface area contributed by atoms with Crippen LogP contribution in [0.3, 0.4) is 0 Å². The standard InChI is InChI=1S/C26H49N4O6P3S/c1-5-33-37(31,34-6-2)24-27-16-12-18-29-22-23-30(39(29,40)26-14-10-9-11-15-26)19-13-17-28(21-20-27)25-38(32,35-7-3)36-8-4/h9-11,14-15H,5-8,12-13,16-25H2,1-4H3. The summed E-state index contributed by atoms with van der Waals surface area (Å²) in [6.45, 7) is 15.0. The van der Waals surface area contributed by atoms with Crippen molar-refractivity contribution in [2.24, 2.45) is 0 Å². The Morgan fingerprint density at radius 2 is 1.05 bits per heavy atom. The van der Waals surface area contributed by atoms with Crippen LogP contribution in [0.15, 0.2) is 30.3 Å². The van der Waals surface area contributed by atoms with E-state index in [4.69, 9.17) is 29.9 Å². The largest absolute Gasteiger partial charge is 0.344 e. The second kappa shape index (κ2) is 16.7. The molecule has 2 aliphatic heterocycles. The average Bonchev–Trinajstić information content (AvgIpc) is 3.23. The second-order valence-corrected chi connectivity index (χ2v) is 18.2. The molecule has 10 nitrogen and oxygen atoms in total. The van der Waals surface area contributed by atoms with E-state index >= 15 is 0 Å². The maximum absolute atomic E-state index is 13.5. The van der Waals surface area contributed by atoms with Gasteiger partial charge in [-0.1, -0.05) is 42.1 Å². The monoisotopic (exact) mass is 638 g/mol. The Balaban J connectivity index is 1.88. The van der Waals surface area contributed by atoms with Gasteiger partial charge in [-0.3, -0.25) is 28.3 Å². The lowest BCUT2D eigenvalue weighted by Crippen LogP contribution is -2.38. The quantitative estimate of drug-likeness (QED) is 0.271. The molecule has 40 heavy (non-hydrogen) atoms. The first-order chi connectivity index (χ1) is 19.2.